The summed E-state index contributed by atoms with van der Waals surface area (Å²) in [5.41, 5.74) is 1.49. The van der Waals surface area contributed by atoms with Gasteiger partial charge in [0.2, 0.25) is 5.91 Å². The summed E-state index contributed by atoms with van der Waals surface area (Å²) in [6, 6.07) is 11.0. The third-order valence-electron chi connectivity index (χ3n) is 6.08. The SMILES string of the molecule is CC(=O)Nc1cc(Cl)c(O)cc1OC[C@@H](O)CN1CCC2(CC1)Cc1ccccc1O2.O=C(O)C(F)(F)F. The van der Waals surface area contributed by atoms with Crippen LogP contribution in [0.3, 0.4) is 0 Å². The molecule has 13 heteroatoms. The minimum Gasteiger partial charge on any atom is -0.506 e. The monoisotopic (exact) mass is 560 g/mol. The highest BCUT2D eigenvalue weighted by molar-refractivity contribution is 6.32. The number of likely N-dealkylation sites (tertiary alicyclic amines) is 1. The summed E-state index contributed by atoms with van der Waals surface area (Å²) in [6.45, 7) is 3.54. The molecule has 1 spiro atoms. The van der Waals surface area contributed by atoms with Crippen molar-refractivity contribution < 1.29 is 47.6 Å². The first-order chi connectivity index (χ1) is 17.8. The van der Waals surface area contributed by atoms with Gasteiger partial charge in [-0.05, 0) is 17.7 Å². The number of alkyl halides is 3. The van der Waals surface area contributed by atoms with Crippen LogP contribution in [0.4, 0.5) is 18.9 Å². The van der Waals surface area contributed by atoms with Gasteiger partial charge < -0.3 is 35.0 Å². The maximum Gasteiger partial charge on any atom is 0.490 e. The van der Waals surface area contributed by atoms with Gasteiger partial charge in [-0.2, -0.15) is 13.2 Å². The second kappa shape index (κ2) is 12.1. The van der Waals surface area contributed by atoms with Crippen molar-refractivity contribution >= 4 is 29.2 Å². The van der Waals surface area contributed by atoms with Gasteiger partial charge in [0, 0.05) is 51.9 Å². The van der Waals surface area contributed by atoms with E-state index in [0.717, 1.165) is 38.1 Å². The number of rotatable bonds is 6. The Kier molecular flexibility index (Phi) is 9.34. The topological polar surface area (TPSA) is 129 Å². The number of anilines is 1. The van der Waals surface area contributed by atoms with Gasteiger partial charge in [0.1, 0.15) is 35.6 Å². The molecule has 2 aliphatic rings. The summed E-state index contributed by atoms with van der Waals surface area (Å²) >= 11 is 5.92. The van der Waals surface area contributed by atoms with Crippen LogP contribution in [0.2, 0.25) is 5.02 Å². The highest BCUT2D eigenvalue weighted by atomic mass is 35.5. The number of halogens is 4. The molecule has 2 aliphatic heterocycles. The number of β-amino-alcohol motifs (C(OH)–C–C–N with tert-alkyl or cyclic N) is 1. The number of hydrogen-bond donors (Lipinski definition) is 4. The number of aliphatic carboxylic acids is 1. The van der Waals surface area contributed by atoms with Gasteiger partial charge in [-0.1, -0.05) is 29.8 Å². The van der Waals surface area contributed by atoms with E-state index < -0.39 is 18.2 Å². The van der Waals surface area contributed by atoms with Crippen LogP contribution in [0.1, 0.15) is 25.3 Å². The van der Waals surface area contributed by atoms with E-state index in [4.69, 9.17) is 31.0 Å². The number of carbonyl (C=O) groups is 2. The van der Waals surface area contributed by atoms with Gasteiger partial charge in [0.15, 0.2) is 0 Å². The molecule has 38 heavy (non-hydrogen) atoms. The lowest BCUT2D eigenvalue weighted by atomic mass is 9.87. The van der Waals surface area contributed by atoms with Crippen molar-refractivity contribution in [3.63, 3.8) is 0 Å². The van der Waals surface area contributed by atoms with Crippen LogP contribution in [0, 0.1) is 0 Å². The highest BCUT2D eigenvalue weighted by Crippen LogP contribution is 2.41. The predicted molar refractivity (Wildman–Crippen MR) is 132 cm³/mol. The molecule has 0 radical (unpaired) electrons. The molecule has 1 saturated heterocycles. The summed E-state index contributed by atoms with van der Waals surface area (Å²) in [6.07, 6.45) is -3.05. The van der Waals surface area contributed by atoms with Crippen LogP contribution in [0.15, 0.2) is 36.4 Å². The van der Waals surface area contributed by atoms with E-state index >= 15 is 0 Å². The number of amides is 1. The smallest absolute Gasteiger partial charge is 0.490 e. The lowest BCUT2D eigenvalue weighted by Gasteiger charge is -2.39. The number of phenols is 1. The first-order valence-corrected chi connectivity index (χ1v) is 12.1. The lowest BCUT2D eigenvalue weighted by molar-refractivity contribution is -0.192. The molecule has 0 bridgehead atoms. The molecule has 0 saturated carbocycles. The fourth-order valence-corrected chi connectivity index (χ4v) is 4.44. The van der Waals surface area contributed by atoms with Gasteiger partial charge in [-0.15, -0.1) is 0 Å². The number of carboxylic acid groups (broad SMARTS) is 1. The maximum absolute atomic E-state index is 11.4. The summed E-state index contributed by atoms with van der Waals surface area (Å²) in [5, 5.41) is 30.2. The van der Waals surface area contributed by atoms with Gasteiger partial charge >= 0.3 is 12.1 Å². The molecule has 0 aromatic heterocycles. The second-order valence-electron chi connectivity index (χ2n) is 9.12. The summed E-state index contributed by atoms with van der Waals surface area (Å²) in [4.78, 5) is 22.5. The minimum absolute atomic E-state index is 0.0250. The Labute approximate surface area is 221 Å². The highest BCUT2D eigenvalue weighted by Gasteiger charge is 2.42. The fraction of sp³-hybridized carbons (Fsp3) is 0.440. The van der Waals surface area contributed by atoms with Crippen LogP contribution in [-0.4, -0.2) is 76.2 Å². The standard InChI is InChI=1S/C23H27ClN2O5.C2HF3O2/c1-15(27)25-19-10-18(24)20(29)11-22(19)30-14-17(28)13-26-8-6-23(7-9-26)12-16-4-2-3-5-21(16)31-23;3-2(4,5)1(6)7/h2-5,10-11,17,28-29H,6-9,12-14H2,1H3,(H,25,27);(H,6,7)/t17-;/m0./s1. The molecule has 4 N–H and O–H groups in total. The molecule has 208 valence electrons. The Hall–Kier alpha value is -3.22. The third kappa shape index (κ3) is 7.89. The number of hydrogen-bond acceptors (Lipinski definition) is 7. The van der Waals surface area contributed by atoms with Crippen molar-refractivity contribution in [2.24, 2.45) is 0 Å². The van der Waals surface area contributed by atoms with E-state index in [1.165, 1.54) is 24.6 Å². The van der Waals surface area contributed by atoms with Crippen molar-refractivity contribution in [2.45, 2.75) is 44.1 Å². The number of aromatic hydroxyl groups is 1. The van der Waals surface area contributed by atoms with Gasteiger partial charge in [0.25, 0.3) is 0 Å². The zero-order valence-corrected chi connectivity index (χ0v) is 21.2. The molecule has 1 fully saturated rings. The molecule has 0 aliphatic carbocycles. The summed E-state index contributed by atoms with van der Waals surface area (Å²) < 4.78 is 43.7. The van der Waals surface area contributed by atoms with Crippen molar-refractivity contribution in [3.8, 4) is 17.2 Å². The van der Waals surface area contributed by atoms with Gasteiger partial charge in [-0.3, -0.25) is 4.79 Å². The molecule has 1 amide bonds. The second-order valence-corrected chi connectivity index (χ2v) is 9.53. The van der Waals surface area contributed by atoms with E-state index in [-0.39, 0.29) is 34.6 Å². The van der Waals surface area contributed by atoms with Crippen molar-refractivity contribution in [3.05, 3.63) is 47.0 Å². The van der Waals surface area contributed by atoms with E-state index in [9.17, 15) is 28.2 Å². The van der Waals surface area contributed by atoms with E-state index in [2.05, 4.69) is 16.3 Å². The summed E-state index contributed by atoms with van der Waals surface area (Å²) in [5.74, 6) is -1.95. The number of nitrogens with zero attached hydrogens (tertiary/aromatic N) is 1. The van der Waals surface area contributed by atoms with Crippen LogP contribution < -0.4 is 14.8 Å². The van der Waals surface area contributed by atoms with Gasteiger partial charge in [0.05, 0.1) is 10.7 Å². The lowest BCUT2D eigenvalue weighted by Crippen LogP contribution is -2.49. The third-order valence-corrected chi connectivity index (χ3v) is 6.38. The van der Waals surface area contributed by atoms with E-state index in [1.54, 1.807) is 0 Å². The normalized spacial score (nSPS) is 17.0. The van der Waals surface area contributed by atoms with Crippen LogP contribution in [0.25, 0.3) is 0 Å². The number of phenolic OH excluding ortho intramolecular Hbond substituents is 1. The maximum atomic E-state index is 11.4. The molecule has 9 nitrogen and oxygen atoms in total. The van der Waals surface area contributed by atoms with Crippen LogP contribution >= 0.6 is 11.6 Å². The number of aliphatic hydroxyl groups excluding tert-OH is 1. The number of fused-ring (bicyclic) bond motifs is 1. The quantitative estimate of drug-likeness (QED) is 0.392. The number of aliphatic hydroxyl groups is 1. The zero-order valence-electron chi connectivity index (χ0n) is 20.4. The molecule has 2 aromatic carbocycles. The van der Waals surface area contributed by atoms with Crippen molar-refractivity contribution in [2.75, 3.05) is 31.6 Å². The molecular formula is C25H28ClF3N2O7. The van der Waals surface area contributed by atoms with Gasteiger partial charge in [-0.25, -0.2) is 4.79 Å². The van der Waals surface area contributed by atoms with Crippen molar-refractivity contribution in [1.82, 2.24) is 4.90 Å². The van der Waals surface area contributed by atoms with E-state index in [0.29, 0.717) is 12.2 Å². The Bertz CT molecular complexity index is 1130. The number of carbonyl (C=O) groups excluding carboxylic acids is 1. The number of carboxylic acids is 1. The molecule has 2 aromatic rings. The Balaban J connectivity index is 0.000000505. The summed E-state index contributed by atoms with van der Waals surface area (Å²) in [7, 11) is 0. The Morgan fingerprint density at radius 3 is 2.45 bits per heavy atom. The van der Waals surface area contributed by atoms with Crippen molar-refractivity contribution in [1.29, 1.82) is 0 Å². The number of benzene rings is 2. The molecule has 4 rings (SSSR count). The minimum atomic E-state index is -5.08. The molecule has 1 atom stereocenters. The van der Waals surface area contributed by atoms with E-state index in [1.807, 2.05) is 18.2 Å². The predicted octanol–water partition coefficient (Wildman–Crippen LogP) is 3.85. The molecular weight excluding hydrogens is 533 g/mol. The Morgan fingerprint density at radius 2 is 1.87 bits per heavy atom. The number of para-hydroxylation sites is 1. The average molecular weight is 561 g/mol. The van der Waals surface area contributed by atoms with Crippen LogP contribution in [-0.2, 0) is 16.0 Å². The van der Waals surface area contributed by atoms with Crippen LogP contribution in [0.5, 0.6) is 17.2 Å². The molecule has 0 unspecified atom stereocenters. The number of ether oxygens (including phenoxy) is 2. The Morgan fingerprint density at radius 1 is 1.24 bits per heavy atom. The fourth-order valence-electron chi connectivity index (χ4n) is 4.27. The zero-order chi connectivity index (χ0) is 28.1. The number of nitrogens with one attached hydrogen (secondary N) is 1. The number of piperidine rings is 1. The first-order valence-electron chi connectivity index (χ1n) is 11.7. The molecule has 2 heterocycles. The first kappa shape index (κ1) is 29.3. The largest absolute Gasteiger partial charge is 0.506 e. The average Bonchev–Trinajstić information content (AvgIpc) is 3.19.